The van der Waals surface area contributed by atoms with Gasteiger partial charge in [0.2, 0.25) is 0 Å². The normalized spacial score (nSPS) is 10.7. The average molecular weight is 271 g/mol. The third-order valence-corrected chi connectivity index (χ3v) is 2.89. The Bertz CT molecular complexity index is 594. The number of phenolic OH excluding ortho intramolecular Hbond substituents is 1. The van der Waals surface area contributed by atoms with E-state index >= 15 is 0 Å². The van der Waals surface area contributed by atoms with E-state index in [2.05, 4.69) is 4.99 Å². The van der Waals surface area contributed by atoms with Crippen LogP contribution in [0.4, 0.5) is 0 Å². The van der Waals surface area contributed by atoms with Gasteiger partial charge in [-0.05, 0) is 5.56 Å². The molecule has 0 atom stereocenters. The molecule has 0 heterocycles. The lowest BCUT2D eigenvalue weighted by Crippen LogP contribution is -1.94. The van der Waals surface area contributed by atoms with Gasteiger partial charge in [-0.2, -0.15) is 0 Å². The van der Waals surface area contributed by atoms with Gasteiger partial charge in [-0.1, -0.05) is 30.3 Å². The lowest BCUT2D eigenvalue weighted by Gasteiger charge is -2.09. The number of hydrogen-bond donors (Lipinski definition) is 1. The molecule has 0 amide bonds. The molecule has 0 bridgehead atoms. The third kappa shape index (κ3) is 3.29. The Balaban J connectivity index is 2.20. The van der Waals surface area contributed by atoms with E-state index in [1.165, 1.54) is 13.2 Å². The zero-order chi connectivity index (χ0) is 14.4. The van der Waals surface area contributed by atoms with Crippen molar-refractivity contribution in [2.24, 2.45) is 4.99 Å². The molecule has 0 aliphatic heterocycles. The number of nitrogens with zero attached hydrogens (tertiary/aromatic N) is 1. The second-order valence-electron chi connectivity index (χ2n) is 4.22. The molecule has 2 rings (SSSR count). The van der Waals surface area contributed by atoms with Gasteiger partial charge in [-0.25, -0.2) is 0 Å². The summed E-state index contributed by atoms with van der Waals surface area (Å²) < 4.78 is 10.3. The molecule has 0 aliphatic rings. The quantitative estimate of drug-likeness (QED) is 0.850. The Kier molecular flexibility index (Phi) is 4.60. The zero-order valence-corrected chi connectivity index (χ0v) is 11.5. The van der Waals surface area contributed by atoms with Crippen molar-refractivity contribution in [1.82, 2.24) is 0 Å². The van der Waals surface area contributed by atoms with Crippen molar-refractivity contribution in [1.29, 1.82) is 0 Å². The van der Waals surface area contributed by atoms with E-state index in [4.69, 9.17) is 9.47 Å². The Morgan fingerprint density at radius 1 is 1.10 bits per heavy atom. The minimum atomic E-state index is 0.0815. The molecule has 0 aliphatic carbocycles. The molecule has 2 aromatic rings. The van der Waals surface area contributed by atoms with Gasteiger partial charge in [-0.15, -0.1) is 0 Å². The lowest BCUT2D eigenvalue weighted by atomic mass is 10.1. The Morgan fingerprint density at radius 3 is 2.50 bits per heavy atom. The van der Waals surface area contributed by atoms with E-state index in [1.54, 1.807) is 19.4 Å². The number of rotatable bonds is 5. The van der Waals surface area contributed by atoms with Crippen molar-refractivity contribution in [3.63, 3.8) is 0 Å². The number of phenols is 1. The van der Waals surface area contributed by atoms with Crippen molar-refractivity contribution in [3.05, 3.63) is 53.6 Å². The van der Waals surface area contributed by atoms with Crippen LogP contribution in [0.25, 0.3) is 0 Å². The predicted octanol–water partition coefficient (Wildman–Crippen LogP) is 3.03. The molecule has 104 valence electrons. The summed E-state index contributed by atoms with van der Waals surface area (Å²) in [5.74, 6) is 1.15. The van der Waals surface area contributed by atoms with Gasteiger partial charge in [-0.3, -0.25) is 4.99 Å². The van der Waals surface area contributed by atoms with Gasteiger partial charge < -0.3 is 14.6 Å². The van der Waals surface area contributed by atoms with Crippen LogP contribution in [0.3, 0.4) is 0 Å². The number of ether oxygens (including phenoxy) is 2. The van der Waals surface area contributed by atoms with Crippen LogP contribution in [0.1, 0.15) is 11.1 Å². The first-order valence-electron chi connectivity index (χ1n) is 6.23. The number of hydrogen-bond acceptors (Lipinski definition) is 4. The highest BCUT2D eigenvalue weighted by atomic mass is 16.5. The first-order valence-corrected chi connectivity index (χ1v) is 6.23. The summed E-state index contributed by atoms with van der Waals surface area (Å²) in [4.78, 5) is 4.33. The maximum atomic E-state index is 9.98. The number of benzene rings is 2. The fourth-order valence-corrected chi connectivity index (χ4v) is 1.83. The molecular weight excluding hydrogens is 254 g/mol. The van der Waals surface area contributed by atoms with Crippen molar-refractivity contribution < 1.29 is 14.6 Å². The molecule has 4 heteroatoms. The molecule has 0 radical (unpaired) electrons. The van der Waals surface area contributed by atoms with Crippen LogP contribution in [-0.2, 0) is 6.54 Å². The first kappa shape index (κ1) is 13.9. The average Bonchev–Trinajstić information content (AvgIpc) is 2.49. The maximum Gasteiger partial charge on any atom is 0.135 e. The van der Waals surface area contributed by atoms with Gasteiger partial charge in [0.15, 0.2) is 0 Å². The van der Waals surface area contributed by atoms with Gasteiger partial charge in [0.05, 0.1) is 26.3 Å². The smallest absolute Gasteiger partial charge is 0.135 e. The van der Waals surface area contributed by atoms with Crippen LogP contribution in [0, 0.1) is 0 Å². The standard InChI is InChI=1S/C16H17NO3/c1-19-13-8-15(18)14(16(9-13)20-2)11-17-10-12-6-4-3-5-7-12/h3-9,11,18H,10H2,1-2H3. The van der Waals surface area contributed by atoms with Crippen molar-refractivity contribution in [2.45, 2.75) is 6.54 Å². The second kappa shape index (κ2) is 6.61. The van der Waals surface area contributed by atoms with Crippen molar-refractivity contribution in [2.75, 3.05) is 14.2 Å². The van der Waals surface area contributed by atoms with Crippen LogP contribution in [0.15, 0.2) is 47.5 Å². The van der Waals surface area contributed by atoms with E-state index in [1.807, 2.05) is 30.3 Å². The van der Waals surface area contributed by atoms with Crippen LogP contribution in [0.2, 0.25) is 0 Å². The van der Waals surface area contributed by atoms with E-state index in [9.17, 15) is 5.11 Å². The van der Waals surface area contributed by atoms with Crippen LogP contribution in [0.5, 0.6) is 17.2 Å². The summed E-state index contributed by atoms with van der Waals surface area (Å²) in [5, 5.41) is 9.98. The summed E-state index contributed by atoms with van der Waals surface area (Å²) in [7, 11) is 3.08. The fourth-order valence-electron chi connectivity index (χ4n) is 1.83. The van der Waals surface area contributed by atoms with E-state index in [0.717, 1.165) is 5.56 Å². The number of methoxy groups -OCH3 is 2. The summed E-state index contributed by atoms with van der Waals surface area (Å²) in [6.07, 6.45) is 1.61. The largest absolute Gasteiger partial charge is 0.507 e. The van der Waals surface area contributed by atoms with E-state index in [0.29, 0.717) is 23.6 Å². The molecular formula is C16H17NO3. The highest BCUT2D eigenvalue weighted by molar-refractivity contribution is 5.87. The molecule has 0 spiro atoms. The molecule has 1 N–H and O–H groups in total. The predicted molar refractivity (Wildman–Crippen MR) is 79.0 cm³/mol. The molecule has 0 saturated carbocycles. The SMILES string of the molecule is COc1cc(O)c(C=NCc2ccccc2)c(OC)c1. The first-order chi connectivity index (χ1) is 9.74. The summed E-state index contributed by atoms with van der Waals surface area (Å²) in [6, 6.07) is 13.2. The van der Waals surface area contributed by atoms with Gasteiger partial charge in [0.25, 0.3) is 0 Å². The Morgan fingerprint density at radius 2 is 1.85 bits per heavy atom. The van der Waals surface area contributed by atoms with Gasteiger partial charge in [0, 0.05) is 18.3 Å². The fraction of sp³-hybridized carbons (Fsp3) is 0.188. The molecule has 2 aromatic carbocycles. The minimum absolute atomic E-state index is 0.0815. The second-order valence-corrected chi connectivity index (χ2v) is 4.22. The van der Waals surface area contributed by atoms with Crippen LogP contribution in [-0.4, -0.2) is 25.5 Å². The van der Waals surface area contributed by atoms with E-state index in [-0.39, 0.29) is 5.75 Å². The maximum absolute atomic E-state index is 9.98. The minimum Gasteiger partial charge on any atom is -0.507 e. The molecule has 4 nitrogen and oxygen atoms in total. The van der Waals surface area contributed by atoms with E-state index < -0.39 is 0 Å². The Hall–Kier alpha value is -2.49. The highest BCUT2D eigenvalue weighted by Gasteiger charge is 2.09. The topological polar surface area (TPSA) is 51.0 Å². The van der Waals surface area contributed by atoms with Crippen LogP contribution < -0.4 is 9.47 Å². The molecule has 0 unspecified atom stereocenters. The number of aliphatic imine (C=N–C) groups is 1. The van der Waals surface area contributed by atoms with Gasteiger partial charge in [0.1, 0.15) is 17.2 Å². The van der Waals surface area contributed by atoms with Gasteiger partial charge >= 0.3 is 0 Å². The molecule has 0 saturated heterocycles. The van der Waals surface area contributed by atoms with Crippen molar-refractivity contribution in [3.8, 4) is 17.2 Å². The third-order valence-electron chi connectivity index (χ3n) is 2.89. The van der Waals surface area contributed by atoms with Crippen molar-refractivity contribution >= 4 is 6.21 Å². The zero-order valence-electron chi connectivity index (χ0n) is 11.5. The summed E-state index contributed by atoms with van der Waals surface area (Å²) >= 11 is 0. The Labute approximate surface area is 118 Å². The summed E-state index contributed by atoms with van der Waals surface area (Å²) in [6.45, 7) is 0.551. The lowest BCUT2D eigenvalue weighted by molar-refractivity contribution is 0.384. The highest BCUT2D eigenvalue weighted by Crippen LogP contribution is 2.31. The monoisotopic (exact) mass is 271 g/mol. The van der Waals surface area contributed by atoms with Crippen LogP contribution >= 0.6 is 0 Å². The molecule has 0 fully saturated rings. The summed E-state index contributed by atoms with van der Waals surface area (Å²) in [5.41, 5.74) is 1.65. The molecule has 0 aromatic heterocycles. The molecule has 20 heavy (non-hydrogen) atoms. The number of aromatic hydroxyl groups is 1.